The van der Waals surface area contributed by atoms with Gasteiger partial charge >= 0.3 is 0 Å². The molecule has 1 amide bonds. The first-order valence-corrected chi connectivity index (χ1v) is 5.41. The second-order valence-electron chi connectivity index (χ2n) is 3.44. The Bertz CT molecular complexity index is 383. The standard InChI is InChI=1S/C10H11NO2S/c1-7(12)6-11-4-2-9-8(10(11)13)3-5-14-9/h3,5H,2,4,6H2,1H3. The summed E-state index contributed by atoms with van der Waals surface area (Å²) in [5, 5.41) is 1.93. The molecule has 3 nitrogen and oxygen atoms in total. The van der Waals surface area contributed by atoms with E-state index in [1.807, 2.05) is 11.4 Å². The first-order valence-electron chi connectivity index (χ1n) is 4.53. The predicted molar refractivity (Wildman–Crippen MR) is 54.6 cm³/mol. The third-order valence-electron chi connectivity index (χ3n) is 2.29. The van der Waals surface area contributed by atoms with Crippen LogP contribution in [0.4, 0.5) is 0 Å². The van der Waals surface area contributed by atoms with E-state index in [1.54, 1.807) is 16.2 Å². The van der Waals surface area contributed by atoms with Crippen molar-refractivity contribution in [3.8, 4) is 0 Å². The average Bonchev–Trinajstić information content (AvgIpc) is 2.57. The van der Waals surface area contributed by atoms with Crippen LogP contribution in [0.5, 0.6) is 0 Å². The van der Waals surface area contributed by atoms with Crippen molar-refractivity contribution in [1.29, 1.82) is 0 Å². The number of carbonyl (C=O) groups excluding carboxylic acids is 2. The molecule has 0 radical (unpaired) electrons. The van der Waals surface area contributed by atoms with Gasteiger partial charge in [0.05, 0.1) is 12.1 Å². The molecule has 1 aromatic heterocycles. The molecule has 14 heavy (non-hydrogen) atoms. The molecule has 0 saturated carbocycles. The third-order valence-corrected chi connectivity index (χ3v) is 3.27. The summed E-state index contributed by atoms with van der Waals surface area (Å²) in [7, 11) is 0. The summed E-state index contributed by atoms with van der Waals surface area (Å²) >= 11 is 1.62. The van der Waals surface area contributed by atoms with Crippen LogP contribution in [-0.2, 0) is 11.2 Å². The SMILES string of the molecule is CC(=O)CN1CCc2sccc2C1=O. The van der Waals surface area contributed by atoms with E-state index in [2.05, 4.69) is 0 Å². The normalized spacial score (nSPS) is 15.5. The van der Waals surface area contributed by atoms with Crippen LogP contribution in [0.25, 0.3) is 0 Å². The fourth-order valence-corrected chi connectivity index (χ4v) is 2.51. The van der Waals surface area contributed by atoms with Crippen LogP contribution in [0.3, 0.4) is 0 Å². The minimum absolute atomic E-state index is 0.00250. The monoisotopic (exact) mass is 209 g/mol. The number of ketones is 1. The van der Waals surface area contributed by atoms with Crippen molar-refractivity contribution in [2.45, 2.75) is 13.3 Å². The van der Waals surface area contributed by atoms with Crippen LogP contribution in [0, 0.1) is 0 Å². The van der Waals surface area contributed by atoms with Gasteiger partial charge in [0.2, 0.25) is 0 Å². The lowest BCUT2D eigenvalue weighted by atomic mass is 10.1. The maximum atomic E-state index is 11.8. The summed E-state index contributed by atoms with van der Waals surface area (Å²) < 4.78 is 0. The van der Waals surface area contributed by atoms with Crippen LogP contribution < -0.4 is 0 Å². The third kappa shape index (κ3) is 1.57. The fraction of sp³-hybridized carbons (Fsp3) is 0.400. The Morgan fingerprint density at radius 3 is 3.14 bits per heavy atom. The van der Waals surface area contributed by atoms with Gasteiger partial charge in [0.1, 0.15) is 5.78 Å². The van der Waals surface area contributed by atoms with Crippen LogP contribution in [-0.4, -0.2) is 29.7 Å². The highest BCUT2D eigenvalue weighted by Gasteiger charge is 2.25. The van der Waals surface area contributed by atoms with E-state index in [4.69, 9.17) is 0 Å². The largest absolute Gasteiger partial charge is 0.331 e. The molecule has 0 aromatic carbocycles. The van der Waals surface area contributed by atoms with Crippen molar-refractivity contribution in [2.24, 2.45) is 0 Å². The number of carbonyl (C=O) groups is 2. The fourth-order valence-electron chi connectivity index (χ4n) is 1.65. The van der Waals surface area contributed by atoms with Gasteiger partial charge in [-0.1, -0.05) is 0 Å². The second kappa shape index (κ2) is 3.53. The van der Waals surface area contributed by atoms with Gasteiger partial charge in [-0.25, -0.2) is 0 Å². The molecule has 0 unspecified atom stereocenters. The highest BCUT2D eigenvalue weighted by Crippen LogP contribution is 2.23. The molecular formula is C10H11NO2S. The predicted octanol–water partition coefficient (Wildman–Crippen LogP) is 1.34. The van der Waals surface area contributed by atoms with Gasteiger partial charge in [-0.2, -0.15) is 0 Å². The van der Waals surface area contributed by atoms with Crippen LogP contribution in [0.1, 0.15) is 22.2 Å². The topological polar surface area (TPSA) is 37.4 Å². The van der Waals surface area contributed by atoms with Gasteiger partial charge in [0.25, 0.3) is 5.91 Å². The number of hydrogen-bond acceptors (Lipinski definition) is 3. The van der Waals surface area contributed by atoms with Crippen LogP contribution >= 0.6 is 11.3 Å². The molecule has 0 fully saturated rings. The molecule has 0 bridgehead atoms. The summed E-state index contributed by atoms with van der Waals surface area (Å²) in [5.74, 6) is 0.0414. The number of amides is 1. The Morgan fingerprint density at radius 1 is 1.64 bits per heavy atom. The first kappa shape index (κ1) is 9.40. The molecule has 1 aromatic rings. The van der Waals surface area contributed by atoms with Crippen LogP contribution in [0.15, 0.2) is 11.4 Å². The molecule has 2 rings (SSSR count). The van der Waals surface area contributed by atoms with E-state index in [1.165, 1.54) is 6.92 Å². The Hall–Kier alpha value is -1.16. The zero-order valence-electron chi connectivity index (χ0n) is 7.95. The summed E-state index contributed by atoms with van der Waals surface area (Å²) in [6, 6.07) is 1.84. The minimum Gasteiger partial charge on any atom is -0.331 e. The van der Waals surface area contributed by atoms with Crippen molar-refractivity contribution in [3.63, 3.8) is 0 Å². The lowest BCUT2D eigenvalue weighted by molar-refractivity contribution is -0.117. The summed E-state index contributed by atoms with van der Waals surface area (Å²) in [6.45, 7) is 2.43. The average molecular weight is 209 g/mol. The lowest BCUT2D eigenvalue weighted by Gasteiger charge is -2.25. The van der Waals surface area contributed by atoms with Gasteiger partial charge < -0.3 is 4.90 Å². The second-order valence-corrected chi connectivity index (χ2v) is 4.44. The van der Waals surface area contributed by atoms with E-state index in [-0.39, 0.29) is 18.2 Å². The van der Waals surface area contributed by atoms with Crippen molar-refractivity contribution in [2.75, 3.05) is 13.1 Å². The van der Waals surface area contributed by atoms with Gasteiger partial charge in [-0.3, -0.25) is 9.59 Å². The van der Waals surface area contributed by atoms with E-state index in [0.717, 1.165) is 16.9 Å². The maximum Gasteiger partial charge on any atom is 0.255 e. The van der Waals surface area contributed by atoms with Crippen molar-refractivity contribution in [3.05, 3.63) is 21.9 Å². The number of fused-ring (bicyclic) bond motifs is 1. The molecule has 0 atom stereocenters. The summed E-state index contributed by atoms with van der Waals surface area (Å²) in [4.78, 5) is 25.5. The van der Waals surface area contributed by atoms with Gasteiger partial charge in [0.15, 0.2) is 0 Å². The lowest BCUT2D eigenvalue weighted by Crippen LogP contribution is -2.39. The molecule has 0 N–H and O–H groups in total. The number of nitrogens with zero attached hydrogens (tertiary/aromatic N) is 1. The zero-order valence-corrected chi connectivity index (χ0v) is 8.76. The van der Waals surface area contributed by atoms with Crippen molar-refractivity contribution in [1.82, 2.24) is 4.90 Å². The highest BCUT2D eigenvalue weighted by atomic mass is 32.1. The molecule has 1 aliphatic rings. The Labute approximate surface area is 86.3 Å². The Morgan fingerprint density at radius 2 is 2.43 bits per heavy atom. The summed E-state index contributed by atoms with van der Waals surface area (Å²) in [5.41, 5.74) is 0.780. The zero-order chi connectivity index (χ0) is 10.1. The molecule has 1 aliphatic heterocycles. The van der Waals surface area contributed by atoms with Gasteiger partial charge in [-0.15, -0.1) is 11.3 Å². The smallest absolute Gasteiger partial charge is 0.255 e. The van der Waals surface area contributed by atoms with Crippen LogP contribution in [0.2, 0.25) is 0 Å². The van der Waals surface area contributed by atoms with E-state index in [0.29, 0.717) is 6.54 Å². The van der Waals surface area contributed by atoms with Crippen molar-refractivity contribution >= 4 is 23.0 Å². The first-order chi connectivity index (χ1) is 6.68. The molecule has 0 aliphatic carbocycles. The molecule has 74 valence electrons. The van der Waals surface area contributed by atoms with Gasteiger partial charge in [0, 0.05) is 17.8 Å². The molecule has 2 heterocycles. The summed E-state index contributed by atoms with van der Waals surface area (Å²) in [6.07, 6.45) is 0.881. The number of rotatable bonds is 2. The Kier molecular flexibility index (Phi) is 2.37. The maximum absolute atomic E-state index is 11.8. The number of Topliss-reactive ketones (excluding diaryl/α,β-unsaturated/α-hetero) is 1. The number of hydrogen-bond donors (Lipinski definition) is 0. The van der Waals surface area contributed by atoms with E-state index in [9.17, 15) is 9.59 Å². The quantitative estimate of drug-likeness (QED) is 0.737. The Balaban J connectivity index is 2.21. The van der Waals surface area contributed by atoms with E-state index < -0.39 is 0 Å². The minimum atomic E-state index is 0.00250. The molecule has 0 saturated heterocycles. The number of thiophene rings is 1. The van der Waals surface area contributed by atoms with Crippen molar-refractivity contribution < 1.29 is 9.59 Å². The molecule has 4 heteroatoms. The van der Waals surface area contributed by atoms with E-state index >= 15 is 0 Å². The highest BCUT2D eigenvalue weighted by molar-refractivity contribution is 7.10. The molecular weight excluding hydrogens is 198 g/mol. The molecule has 0 spiro atoms. The van der Waals surface area contributed by atoms with Gasteiger partial charge in [-0.05, 0) is 18.4 Å².